The Kier molecular flexibility index (Phi) is 14.2. The number of aromatic nitrogens is 1. The number of amides is 2. The summed E-state index contributed by atoms with van der Waals surface area (Å²) in [7, 11) is 0. The number of nitrogens with zero attached hydrogens (tertiary/aromatic N) is 1. The van der Waals surface area contributed by atoms with Crippen LogP contribution in [-0.2, 0) is 37.6 Å². The maximum atomic E-state index is 14.5. The lowest BCUT2D eigenvalue weighted by atomic mass is 9.76. The SMILES string of the molecule is CCOC(=O)/C=C/C(CCC(=O)NC(c1ccccc1)(c1ccccc1)c1ccccc1)C(Cc1ccccc1)n1cccc(NC(=O)OCc2ccccc2)c1=O. The zero-order valence-electron chi connectivity index (χ0n) is 32.4. The Morgan fingerprint density at radius 3 is 1.72 bits per heavy atom. The maximum Gasteiger partial charge on any atom is 0.412 e. The first-order valence-corrected chi connectivity index (χ1v) is 19.4. The van der Waals surface area contributed by atoms with Crippen LogP contribution in [0.4, 0.5) is 10.5 Å². The van der Waals surface area contributed by atoms with E-state index in [1.165, 1.54) is 12.1 Å². The third-order valence-corrected chi connectivity index (χ3v) is 9.98. The predicted molar refractivity (Wildman–Crippen MR) is 226 cm³/mol. The summed E-state index contributed by atoms with van der Waals surface area (Å²) < 4.78 is 12.2. The Morgan fingerprint density at radius 1 is 0.672 bits per heavy atom. The lowest BCUT2D eigenvalue weighted by Gasteiger charge is -2.37. The second-order valence-electron chi connectivity index (χ2n) is 13.8. The summed E-state index contributed by atoms with van der Waals surface area (Å²) >= 11 is 0. The van der Waals surface area contributed by atoms with Gasteiger partial charge in [-0.15, -0.1) is 0 Å². The lowest BCUT2D eigenvalue weighted by molar-refractivity contribution is -0.137. The van der Waals surface area contributed by atoms with Crippen LogP contribution in [0.25, 0.3) is 0 Å². The van der Waals surface area contributed by atoms with Crippen LogP contribution in [-0.4, -0.2) is 29.1 Å². The van der Waals surface area contributed by atoms with Gasteiger partial charge in [0.2, 0.25) is 5.91 Å². The maximum absolute atomic E-state index is 14.5. The zero-order chi connectivity index (χ0) is 40.6. The number of hydrogen-bond acceptors (Lipinski definition) is 6. The number of allylic oxidation sites excluding steroid dienone is 1. The quantitative estimate of drug-likeness (QED) is 0.0543. The van der Waals surface area contributed by atoms with Crippen molar-refractivity contribution >= 4 is 23.7 Å². The smallest absolute Gasteiger partial charge is 0.412 e. The Morgan fingerprint density at radius 2 is 1.19 bits per heavy atom. The van der Waals surface area contributed by atoms with E-state index in [-0.39, 0.29) is 37.6 Å². The van der Waals surface area contributed by atoms with Gasteiger partial charge < -0.3 is 19.4 Å². The summed E-state index contributed by atoms with van der Waals surface area (Å²) in [5.41, 5.74) is 2.96. The lowest BCUT2D eigenvalue weighted by Crippen LogP contribution is -2.48. The fraction of sp³-hybridized carbons (Fsp3) is 0.184. The molecule has 0 spiro atoms. The largest absolute Gasteiger partial charge is 0.463 e. The predicted octanol–water partition coefficient (Wildman–Crippen LogP) is 9.00. The minimum Gasteiger partial charge on any atom is -0.463 e. The number of esters is 1. The summed E-state index contributed by atoms with van der Waals surface area (Å²) in [5.74, 6) is -1.28. The summed E-state index contributed by atoms with van der Waals surface area (Å²) in [4.78, 5) is 54.4. The Labute approximate surface area is 339 Å². The molecule has 0 aliphatic rings. The number of pyridine rings is 1. The van der Waals surface area contributed by atoms with E-state index >= 15 is 0 Å². The first kappa shape index (κ1) is 40.7. The average Bonchev–Trinajstić information content (AvgIpc) is 3.27. The Hall–Kier alpha value is -7.00. The molecule has 294 valence electrons. The number of rotatable bonds is 17. The first-order chi connectivity index (χ1) is 28.4. The van der Waals surface area contributed by atoms with Gasteiger partial charge in [-0.25, -0.2) is 9.59 Å². The van der Waals surface area contributed by atoms with Crippen LogP contribution in [0.5, 0.6) is 0 Å². The van der Waals surface area contributed by atoms with Crippen molar-refractivity contribution in [3.05, 3.63) is 220 Å². The van der Waals surface area contributed by atoms with Crippen molar-refractivity contribution in [3.8, 4) is 0 Å². The molecule has 0 aliphatic carbocycles. The molecule has 9 nitrogen and oxygen atoms in total. The normalized spacial score (nSPS) is 12.3. The second-order valence-corrected chi connectivity index (χ2v) is 13.8. The van der Waals surface area contributed by atoms with Gasteiger partial charge in [-0.05, 0) is 65.6 Å². The van der Waals surface area contributed by atoms with Gasteiger partial charge in [-0.1, -0.05) is 158 Å². The summed E-state index contributed by atoms with van der Waals surface area (Å²) in [6.45, 7) is 1.96. The number of ether oxygens (including phenoxy) is 2. The fourth-order valence-corrected chi connectivity index (χ4v) is 7.21. The van der Waals surface area contributed by atoms with Gasteiger partial charge in [0.25, 0.3) is 5.56 Å². The van der Waals surface area contributed by atoms with Crippen molar-refractivity contribution in [1.29, 1.82) is 0 Å². The molecule has 0 radical (unpaired) electrons. The molecule has 0 bridgehead atoms. The van der Waals surface area contributed by atoms with Crippen molar-refractivity contribution in [2.75, 3.05) is 11.9 Å². The van der Waals surface area contributed by atoms with Crippen molar-refractivity contribution in [2.24, 2.45) is 5.92 Å². The van der Waals surface area contributed by atoms with E-state index in [1.807, 2.05) is 152 Å². The van der Waals surface area contributed by atoms with E-state index in [1.54, 1.807) is 29.8 Å². The number of carbonyl (C=O) groups excluding carboxylic acids is 3. The van der Waals surface area contributed by atoms with Crippen molar-refractivity contribution in [1.82, 2.24) is 9.88 Å². The van der Waals surface area contributed by atoms with Crippen LogP contribution >= 0.6 is 0 Å². The van der Waals surface area contributed by atoms with Gasteiger partial charge in [0, 0.05) is 24.7 Å². The topological polar surface area (TPSA) is 116 Å². The van der Waals surface area contributed by atoms with Crippen LogP contribution in [0.3, 0.4) is 0 Å². The number of nitrogens with one attached hydrogen (secondary N) is 2. The van der Waals surface area contributed by atoms with Gasteiger partial charge >= 0.3 is 12.1 Å². The third kappa shape index (κ3) is 10.4. The molecule has 0 fully saturated rings. The fourth-order valence-electron chi connectivity index (χ4n) is 7.21. The highest BCUT2D eigenvalue weighted by molar-refractivity contribution is 5.84. The molecule has 5 aromatic carbocycles. The number of hydrogen-bond donors (Lipinski definition) is 2. The van der Waals surface area contributed by atoms with Crippen LogP contribution in [0.15, 0.2) is 187 Å². The molecule has 0 saturated carbocycles. The van der Waals surface area contributed by atoms with E-state index in [2.05, 4.69) is 10.6 Å². The molecular formula is C49H47N3O6. The molecule has 0 aliphatic heterocycles. The van der Waals surface area contributed by atoms with E-state index in [4.69, 9.17) is 9.47 Å². The summed E-state index contributed by atoms with van der Waals surface area (Å²) in [5, 5.41) is 6.05. The number of benzene rings is 5. The summed E-state index contributed by atoms with van der Waals surface area (Å²) in [6, 6.07) is 51.1. The van der Waals surface area contributed by atoms with Crippen molar-refractivity contribution < 1.29 is 23.9 Å². The second kappa shape index (κ2) is 20.2. The van der Waals surface area contributed by atoms with Gasteiger partial charge in [-0.3, -0.25) is 14.9 Å². The number of anilines is 1. The molecule has 0 saturated heterocycles. The molecule has 58 heavy (non-hydrogen) atoms. The third-order valence-electron chi connectivity index (χ3n) is 9.98. The molecular weight excluding hydrogens is 727 g/mol. The highest BCUT2D eigenvalue weighted by Gasteiger charge is 2.38. The van der Waals surface area contributed by atoms with E-state index in [9.17, 15) is 19.2 Å². The molecule has 2 atom stereocenters. The van der Waals surface area contributed by atoms with Gasteiger partial charge in [-0.2, -0.15) is 0 Å². The monoisotopic (exact) mass is 773 g/mol. The van der Waals surface area contributed by atoms with E-state index < -0.39 is 35.1 Å². The molecule has 2 amide bonds. The molecule has 1 aromatic heterocycles. The van der Waals surface area contributed by atoms with Crippen LogP contribution in [0.2, 0.25) is 0 Å². The van der Waals surface area contributed by atoms with E-state index in [0.717, 1.165) is 27.8 Å². The molecule has 2 unspecified atom stereocenters. The minimum atomic E-state index is -1.02. The first-order valence-electron chi connectivity index (χ1n) is 19.4. The van der Waals surface area contributed by atoms with Gasteiger partial charge in [0.15, 0.2) is 0 Å². The van der Waals surface area contributed by atoms with E-state index in [0.29, 0.717) is 6.42 Å². The molecule has 2 N–H and O–H groups in total. The van der Waals surface area contributed by atoms with Crippen LogP contribution in [0, 0.1) is 5.92 Å². The van der Waals surface area contributed by atoms with Crippen molar-refractivity contribution in [3.63, 3.8) is 0 Å². The molecule has 1 heterocycles. The average molecular weight is 774 g/mol. The summed E-state index contributed by atoms with van der Waals surface area (Å²) in [6.07, 6.45) is 4.66. The molecule has 6 aromatic rings. The molecule has 6 rings (SSSR count). The van der Waals surface area contributed by atoms with Gasteiger partial charge in [0.05, 0.1) is 6.61 Å². The van der Waals surface area contributed by atoms with Gasteiger partial charge in [0.1, 0.15) is 17.8 Å². The minimum absolute atomic E-state index is 0.0304. The highest BCUT2D eigenvalue weighted by Crippen LogP contribution is 2.37. The Bertz CT molecular complexity index is 2220. The number of carbonyl (C=O) groups is 3. The zero-order valence-corrected chi connectivity index (χ0v) is 32.4. The van der Waals surface area contributed by atoms with Crippen LogP contribution in [0.1, 0.15) is 53.6 Å². The molecule has 9 heteroatoms. The van der Waals surface area contributed by atoms with Crippen LogP contribution < -0.4 is 16.2 Å². The standard InChI is InChI=1S/C49H47N3O6/c1-2-57-46(54)33-31-39(30-32-45(53)51-49(40-23-12-5-13-24-40,41-25-14-6-15-26-41)42-27-16-7-17-28-42)44(35-37-19-8-3-9-20-37)52-34-18-29-43(47(52)55)50-48(56)58-36-38-21-10-4-11-22-38/h3-29,31,33-34,39,44H,2,30,32,35-36H2,1H3,(H,50,56)(H,51,53)/b33-31+. The Balaban J connectivity index is 1.34. The highest BCUT2D eigenvalue weighted by atomic mass is 16.5. The van der Waals surface area contributed by atoms with Crippen molar-refractivity contribution in [2.45, 2.75) is 44.4 Å².